The second-order valence-corrected chi connectivity index (χ2v) is 4.79. The maximum atomic E-state index is 11.4. The van der Waals surface area contributed by atoms with Crippen LogP contribution in [-0.4, -0.2) is 42.4 Å². The molecule has 16 heavy (non-hydrogen) atoms. The van der Waals surface area contributed by atoms with Gasteiger partial charge in [0.2, 0.25) is 0 Å². The highest BCUT2D eigenvalue weighted by molar-refractivity contribution is 7.14. The SMILES string of the molecule is CC1COCCN1c1nc(C(=O)CCl)cs1. The first-order chi connectivity index (χ1) is 7.72. The lowest BCUT2D eigenvalue weighted by Crippen LogP contribution is -2.43. The zero-order valence-corrected chi connectivity index (χ0v) is 10.6. The first-order valence-corrected chi connectivity index (χ1v) is 6.53. The van der Waals surface area contributed by atoms with Crippen LogP contribution < -0.4 is 4.90 Å². The number of rotatable bonds is 3. The molecule has 0 N–H and O–H groups in total. The van der Waals surface area contributed by atoms with Gasteiger partial charge < -0.3 is 9.64 Å². The van der Waals surface area contributed by atoms with Gasteiger partial charge in [0.15, 0.2) is 10.9 Å². The summed E-state index contributed by atoms with van der Waals surface area (Å²) in [6.45, 7) is 4.33. The predicted octanol–water partition coefficient (Wildman–Crippen LogP) is 1.79. The summed E-state index contributed by atoms with van der Waals surface area (Å²) in [6.07, 6.45) is 0. The molecule has 1 aliphatic rings. The van der Waals surface area contributed by atoms with E-state index in [1.165, 1.54) is 11.3 Å². The van der Waals surface area contributed by atoms with Crippen LogP contribution in [0.4, 0.5) is 5.13 Å². The van der Waals surface area contributed by atoms with Crippen LogP contribution in [0.15, 0.2) is 5.38 Å². The fourth-order valence-electron chi connectivity index (χ4n) is 1.60. The fraction of sp³-hybridized carbons (Fsp3) is 0.600. The number of ketones is 1. The van der Waals surface area contributed by atoms with Crippen LogP contribution in [0.25, 0.3) is 0 Å². The molecule has 6 heteroatoms. The lowest BCUT2D eigenvalue weighted by molar-refractivity contribution is 0.0987. The summed E-state index contributed by atoms with van der Waals surface area (Å²) >= 11 is 6.98. The molecule has 0 saturated carbocycles. The highest BCUT2D eigenvalue weighted by atomic mass is 35.5. The number of carbonyl (C=O) groups is 1. The van der Waals surface area contributed by atoms with Crippen molar-refractivity contribution in [1.29, 1.82) is 0 Å². The van der Waals surface area contributed by atoms with Crippen LogP contribution in [0.2, 0.25) is 0 Å². The third kappa shape index (κ3) is 2.36. The minimum Gasteiger partial charge on any atom is -0.377 e. The summed E-state index contributed by atoms with van der Waals surface area (Å²) < 4.78 is 5.36. The smallest absolute Gasteiger partial charge is 0.196 e. The van der Waals surface area contributed by atoms with E-state index in [0.717, 1.165) is 11.7 Å². The molecule has 0 radical (unpaired) electrons. The van der Waals surface area contributed by atoms with Crippen LogP contribution in [0.1, 0.15) is 17.4 Å². The normalized spacial score (nSPS) is 21.1. The number of morpholine rings is 1. The molecule has 1 saturated heterocycles. The molecule has 0 aromatic carbocycles. The molecule has 0 bridgehead atoms. The van der Waals surface area contributed by atoms with Crippen LogP contribution in [0, 0.1) is 0 Å². The number of halogens is 1. The highest BCUT2D eigenvalue weighted by Crippen LogP contribution is 2.24. The number of thiazole rings is 1. The van der Waals surface area contributed by atoms with Crippen molar-refractivity contribution in [1.82, 2.24) is 4.98 Å². The standard InChI is InChI=1S/C10H13ClN2O2S/c1-7-5-15-3-2-13(7)10-12-8(6-16-10)9(14)4-11/h6-7H,2-5H2,1H3. The third-order valence-corrected chi connectivity index (χ3v) is 3.63. The Bertz CT molecular complexity index is 383. The van der Waals surface area contributed by atoms with Crippen molar-refractivity contribution >= 4 is 33.9 Å². The van der Waals surface area contributed by atoms with Crippen molar-refractivity contribution in [2.75, 3.05) is 30.5 Å². The molecule has 2 rings (SSSR count). The van der Waals surface area contributed by atoms with E-state index in [2.05, 4.69) is 16.8 Å². The van der Waals surface area contributed by atoms with Crippen molar-refractivity contribution < 1.29 is 9.53 Å². The van der Waals surface area contributed by atoms with E-state index in [4.69, 9.17) is 16.3 Å². The van der Waals surface area contributed by atoms with Gasteiger partial charge >= 0.3 is 0 Å². The Morgan fingerprint density at radius 3 is 3.31 bits per heavy atom. The van der Waals surface area contributed by atoms with Gasteiger partial charge in [0.25, 0.3) is 0 Å². The molecule has 2 heterocycles. The number of hydrogen-bond donors (Lipinski definition) is 0. The number of anilines is 1. The van der Waals surface area contributed by atoms with Crippen molar-refractivity contribution in [3.05, 3.63) is 11.1 Å². The summed E-state index contributed by atoms with van der Waals surface area (Å²) in [5.74, 6) is -0.132. The molecule has 1 aromatic heterocycles. The summed E-state index contributed by atoms with van der Waals surface area (Å²) in [5.41, 5.74) is 0.466. The maximum absolute atomic E-state index is 11.4. The lowest BCUT2D eigenvalue weighted by atomic mass is 10.3. The van der Waals surface area contributed by atoms with Crippen LogP contribution in [-0.2, 0) is 4.74 Å². The van der Waals surface area contributed by atoms with Gasteiger partial charge in [-0.15, -0.1) is 22.9 Å². The topological polar surface area (TPSA) is 42.4 Å². The molecular weight excluding hydrogens is 248 g/mol. The van der Waals surface area contributed by atoms with E-state index >= 15 is 0 Å². The van der Waals surface area contributed by atoms with Gasteiger partial charge in [-0.05, 0) is 6.92 Å². The van der Waals surface area contributed by atoms with Gasteiger partial charge in [0.05, 0.1) is 25.1 Å². The Balaban J connectivity index is 2.14. The molecule has 0 spiro atoms. The Morgan fingerprint density at radius 1 is 1.81 bits per heavy atom. The first kappa shape index (κ1) is 11.8. The number of aromatic nitrogens is 1. The molecule has 4 nitrogen and oxygen atoms in total. The minimum atomic E-state index is -0.120. The molecule has 88 valence electrons. The second-order valence-electron chi connectivity index (χ2n) is 3.69. The van der Waals surface area contributed by atoms with Crippen molar-refractivity contribution in [2.45, 2.75) is 13.0 Å². The number of ether oxygens (including phenoxy) is 1. The number of hydrogen-bond acceptors (Lipinski definition) is 5. The van der Waals surface area contributed by atoms with Gasteiger partial charge in [0.1, 0.15) is 5.69 Å². The van der Waals surface area contributed by atoms with E-state index in [0.29, 0.717) is 24.9 Å². The number of alkyl halides is 1. The first-order valence-electron chi connectivity index (χ1n) is 5.11. The van der Waals surface area contributed by atoms with Gasteiger partial charge in [-0.3, -0.25) is 4.79 Å². The van der Waals surface area contributed by atoms with Crippen LogP contribution >= 0.6 is 22.9 Å². The minimum absolute atomic E-state index is 0.0121. The van der Waals surface area contributed by atoms with E-state index in [-0.39, 0.29) is 11.7 Å². The Labute approximate surface area is 103 Å². The van der Waals surface area contributed by atoms with Crippen molar-refractivity contribution in [3.8, 4) is 0 Å². The Hall–Kier alpha value is -0.650. The van der Waals surface area contributed by atoms with E-state index in [1.54, 1.807) is 5.38 Å². The Morgan fingerprint density at radius 2 is 2.62 bits per heavy atom. The van der Waals surface area contributed by atoms with Gasteiger partial charge in [0, 0.05) is 11.9 Å². The van der Waals surface area contributed by atoms with Crippen LogP contribution in [0.5, 0.6) is 0 Å². The summed E-state index contributed by atoms with van der Waals surface area (Å²) in [7, 11) is 0. The monoisotopic (exact) mass is 260 g/mol. The second kappa shape index (κ2) is 5.12. The molecule has 1 aliphatic heterocycles. The van der Waals surface area contributed by atoms with Crippen molar-refractivity contribution in [2.24, 2.45) is 0 Å². The largest absolute Gasteiger partial charge is 0.377 e. The van der Waals surface area contributed by atoms with E-state index < -0.39 is 0 Å². The average molecular weight is 261 g/mol. The zero-order valence-electron chi connectivity index (χ0n) is 8.98. The lowest BCUT2D eigenvalue weighted by Gasteiger charge is -2.32. The third-order valence-electron chi connectivity index (χ3n) is 2.51. The number of carbonyl (C=O) groups excluding carboxylic acids is 1. The summed E-state index contributed by atoms with van der Waals surface area (Å²) in [5, 5.41) is 2.65. The summed E-state index contributed by atoms with van der Waals surface area (Å²) in [6, 6.07) is 0.304. The quantitative estimate of drug-likeness (QED) is 0.614. The summed E-state index contributed by atoms with van der Waals surface area (Å²) in [4.78, 5) is 17.8. The van der Waals surface area contributed by atoms with E-state index in [1.807, 2.05) is 0 Å². The zero-order chi connectivity index (χ0) is 11.5. The fourth-order valence-corrected chi connectivity index (χ4v) is 2.70. The Kier molecular flexibility index (Phi) is 3.78. The molecule has 1 unspecified atom stereocenters. The highest BCUT2D eigenvalue weighted by Gasteiger charge is 2.22. The number of Topliss-reactive ketones (excluding diaryl/α,β-unsaturated/α-hetero) is 1. The van der Waals surface area contributed by atoms with Gasteiger partial charge in [-0.1, -0.05) is 0 Å². The molecule has 0 amide bonds. The molecule has 0 aliphatic carbocycles. The maximum Gasteiger partial charge on any atom is 0.196 e. The molecule has 1 fully saturated rings. The predicted molar refractivity (Wildman–Crippen MR) is 64.8 cm³/mol. The average Bonchev–Trinajstić information content (AvgIpc) is 2.78. The number of nitrogens with zero attached hydrogens (tertiary/aromatic N) is 2. The van der Waals surface area contributed by atoms with Gasteiger partial charge in [-0.2, -0.15) is 0 Å². The van der Waals surface area contributed by atoms with Crippen LogP contribution in [0.3, 0.4) is 0 Å². The molecule has 1 atom stereocenters. The van der Waals surface area contributed by atoms with Crippen molar-refractivity contribution in [3.63, 3.8) is 0 Å². The molecule has 1 aromatic rings. The molecular formula is C10H13ClN2O2S. The van der Waals surface area contributed by atoms with E-state index in [9.17, 15) is 4.79 Å². The van der Waals surface area contributed by atoms with Gasteiger partial charge in [-0.25, -0.2) is 4.98 Å².